The summed E-state index contributed by atoms with van der Waals surface area (Å²) >= 11 is 3.41. The highest BCUT2D eigenvalue weighted by molar-refractivity contribution is 9.10. The molecule has 0 bridgehead atoms. The lowest BCUT2D eigenvalue weighted by atomic mass is 10.1. The van der Waals surface area contributed by atoms with E-state index in [1.807, 2.05) is 61.5 Å². The summed E-state index contributed by atoms with van der Waals surface area (Å²) in [6, 6.07) is 24.2. The fourth-order valence-electron chi connectivity index (χ4n) is 3.30. The van der Waals surface area contributed by atoms with Gasteiger partial charge in [0.15, 0.2) is 0 Å². The van der Waals surface area contributed by atoms with E-state index in [1.54, 1.807) is 24.3 Å². The first-order valence-electron chi connectivity index (χ1n) is 10.5. The first kappa shape index (κ1) is 24.2. The van der Waals surface area contributed by atoms with Gasteiger partial charge in [-0.2, -0.15) is 0 Å². The van der Waals surface area contributed by atoms with E-state index in [-0.39, 0.29) is 16.8 Å². The van der Waals surface area contributed by atoms with E-state index >= 15 is 0 Å². The fraction of sp³-hybridized carbons (Fsp3) is 0.240. The molecule has 0 aliphatic heterocycles. The van der Waals surface area contributed by atoms with Gasteiger partial charge in [-0.05, 0) is 60.7 Å². The van der Waals surface area contributed by atoms with Gasteiger partial charge in [0, 0.05) is 17.4 Å². The quantitative estimate of drug-likeness (QED) is 0.408. The number of hydrogen-bond acceptors (Lipinski definition) is 3. The molecule has 0 aliphatic rings. The minimum Gasteiger partial charge on any atom is -0.350 e. The van der Waals surface area contributed by atoms with Gasteiger partial charge in [-0.25, -0.2) is 13.1 Å². The van der Waals surface area contributed by atoms with Crippen molar-refractivity contribution in [2.75, 3.05) is 6.54 Å². The predicted molar refractivity (Wildman–Crippen MR) is 131 cm³/mol. The molecule has 0 fully saturated rings. The van der Waals surface area contributed by atoms with Crippen molar-refractivity contribution < 1.29 is 13.2 Å². The summed E-state index contributed by atoms with van der Waals surface area (Å²) in [5.41, 5.74) is 3.04. The van der Waals surface area contributed by atoms with E-state index in [4.69, 9.17) is 0 Å². The van der Waals surface area contributed by atoms with Crippen LogP contribution in [-0.2, 0) is 27.7 Å². The standard InChI is InChI=1S/C25H27BrN2O3S/c1-19(22-10-12-23(26)13-11-22)28-25(29)16-9-21-7-14-24(15-8-21)32(30,31)27-18-17-20-5-3-2-4-6-20/h2-8,10-15,19,27H,9,16-18H2,1H3,(H,28,29)/t19-/m0/s1. The molecule has 0 heterocycles. The lowest BCUT2D eigenvalue weighted by Gasteiger charge is -2.14. The second-order valence-electron chi connectivity index (χ2n) is 7.62. The maximum atomic E-state index is 12.5. The molecule has 0 aliphatic carbocycles. The number of amides is 1. The Kier molecular flexibility index (Phi) is 8.61. The largest absolute Gasteiger partial charge is 0.350 e. The van der Waals surface area contributed by atoms with Crippen molar-refractivity contribution in [1.29, 1.82) is 0 Å². The molecule has 0 radical (unpaired) electrons. The maximum absolute atomic E-state index is 12.5. The Hall–Kier alpha value is -2.48. The Morgan fingerprint density at radius 1 is 0.875 bits per heavy atom. The van der Waals surface area contributed by atoms with Crippen LogP contribution in [0.2, 0.25) is 0 Å². The van der Waals surface area contributed by atoms with Crippen LogP contribution in [0.3, 0.4) is 0 Å². The number of rotatable bonds is 10. The molecule has 0 saturated heterocycles. The molecule has 3 aromatic rings. The zero-order valence-corrected chi connectivity index (χ0v) is 20.3. The molecule has 3 rings (SSSR count). The van der Waals surface area contributed by atoms with Crippen LogP contribution in [0.5, 0.6) is 0 Å². The van der Waals surface area contributed by atoms with Gasteiger partial charge in [-0.1, -0.05) is 70.5 Å². The third kappa shape index (κ3) is 7.29. The van der Waals surface area contributed by atoms with E-state index in [0.717, 1.165) is 21.2 Å². The number of halogens is 1. The number of benzene rings is 3. The highest BCUT2D eigenvalue weighted by Crippen LogP contribution is 2.17. The van der Waals surface area contributed by atoms with Crippen molar-refractivity contribution in [2.45, 2.75) is 37.1 Å². The highest BCUT2D eigenvalue weighted by Gasteiger charge is 2.14. The third-order valence-corrected chi connectivity index (χ3v) is 7.18. The second-order valence-corrected chi connectivity index (χ2v) is 10.3. The van der Waals surface area contributed by atoms with E-state index < -0.39 is 10.0 Å². The van der Waals surface area contributed by atoms with Crippen LogP contribution in [0.4, 0.5) is 0 Å². The topological polar surface area (TPSA) is 75.3 Å². The summed E-state index contributed by atoms with van der Waals surface area (Å²) in [6.07, 6.45) is 1.51. The lowest BCUT2D eigenvalue weighted by Crippen LogP contribution is -2.27. The summed E-state index contributed by atoms with van der Waals surface area (Å²) in [4.78, 5) is 12.5. The monoisotopic (exact) mass is 514 g/mol. The molecule has 0 aromatic heterocycles. The molecule has 32 heavy (non-hydrogen) atoms. The summed E-state index contributed by atoms with van der Waals surface area (Å²) in [5, 5.41) is 3.00. The van der Waals surface area contributed by atoms with Crippen LogP contribution in [0.1, 0.15) is 36.1 Å². The van der Waals surface area contributed by atoms with Gasteiger partial charge >= 0.3 is 0 Å². The van der Waals surface area contributed by atoms with Crippen LogP contribution < -0.4 is 10.0 Å². The molecule has 0 unspecified atom stereocenters. The van der Waals surface area contributed by atoms with Crippen molar-refractivity contribution >= 4 is 31.9 Å². The lowest BCUT2D eigenvalue weighted by molar-refractivity contribution is -0.121. The molecule has 2 N–H and O–H groups in total. The number of hydrogen-bond donors (Lipinski definition) is 2. The smallest absolute Gasteiger partial charge is 0.240 e. The van der Waals surface area contributed by atoms with Crippen molar-refractivity contribution in [3.63, 3.8) is 0 Å². The zero-order valence-electron chi connectivity index (χ0n) is 17.9. The molecule has 0 saturated carbocycles. The first-order chi connectivity index (χ1) is 15.3. The predicted octanol–water partition coefficient (Wildman–Crippen LogP) is 4.78. The minimum atomic E-state index is -3.56. The number of nitrogens with one attached hydrogen (secondary N) is 2. The average Bonchev–Trinajstić information content (AvgIpc) is 2.79. The molecule has 7 heteroatoms. The number of carbonyl (C=O) groups excluding carboxylic acids is 1. The highest BCUT2D eigenvalue weighted by atomic mass is 79.9. The van der Waals surface area contributed by atoms with Crippen LogP contribution in [0.15, 0.2) is 88.2 Å². The average molecular weight is 515 g/mol. The van der Waals surface area contributed by atoms with Crippen LogP contribution in [-0.4, -0.2) is 20.9 Å². The van der Waals surface area contributed by atoms with E-state index in [1.165, 1.54) is 0 Å². The Morgan fingerprint density at radius 3 is 2.16 bits per heavy atom. The minimum absolute atomic E-state index is 0.0419. The van der Waals surface area contributed by atoms with Crippen molar-refractivity contribution in [2.24, 2.45) is 0 Å². The van der Waals surface area contributed by atoms with Crippen LogP contribution in [0.25, 0.3) is 0 Å². The summed E-state index contributed by atoms with van der Waals surface area (Å²) in [7, 11) is -3.56. The van der Waals surface area contributed by atoms with Crippen molar-refractivity contribution in [3.05, 3.63) is 100 Å². The Bertz CT molecular complexity index is 1120. The third-order valence-electron chi connectivity index (χ3n) is 5.17. The maximum Gasteiger partial charge on any atom is 0.240 e. The number of carbonyl (C=O) groups is 1. The Morgan fingerprint density at radius 2 is 1.50 bits per heavy atom. The Balaban J connectivity index is 1.47. The normalized spacial score (nSPS) is 12.3. The number of sulfonamides is 1. The van der Waals surface area contributed by atoms with E-state index in [0.29, 0.717) is 25.8 Å². The molecule has 1 amide bonds. The summed E-state index contributed by atoms with van der Waals surface area (Å²) in [5.74, 6) is -0.0419. The van der Waals surface area contributed by atoms with Crippen molar-refractivity contribution in [1.82, 2.24) is 10.0 Å². The molecule has 5 nitrogen and oxygen atoms in total. The first-order valence-corrected chi connectivity index (χ1v) is 12.8. The van der Waals surface area contributed by atoms with Gasteiger partial charge in [0.05, 0.1) is 10.9 Å². The number of aryl methyl sites for hydroxylation is 1. The van der Waals surface area contributed by atoms with Gasteiger partial charge < -0.3 is 5.32 Å². The second kappa shape index (κ2) is 11.4. The van der Waals surface area contributed by atoms with Gasteiger partial charge in [0.25, 0.3) is 0 Å². The van der Waals surface area contributed by atoms with E-state index in [9.17, 15) is 13.2 Å². The molecular weight excluding hydrogens is 488 g/mol. The van der Waals surface area contributed by atoms with Crippen molar-refractivity contribution in [3.8, 4) is 0 Å². The molecule has 1 atom stereocenters. The SMILES string of the molecule is C[C@H](NC(=O)CCc1ccc(S(=O)(=O)NCCc2ccccc2)cc1)c1ccc(Br)cc1. The van der Waals surface area contributed by atoms with Gasteiger partial charge in [0.2, 0.25) is 15.9 Å². The van der Waals surface area contributed by atoms with Crippen LogP contribution in [0, 0.1) is 0 Å². The fourth-order valence-corrected chi connectivity index (χ4v) is 4.60. The van der Waals surface area contributed by atoms with Gasteiger partial charge in [0.1, 0.15) is 0 Å². The summed E-state index contributed by atoms with van der Waals surface area (Å²) < 4.78 is 28.6. The molecular formula is C25H27BrN2O3S. The Labute approximate surface area is 198 Å². The van der Waals surface area contributed by atoms with E-state index in [2.05, 4.69) is 26.0 Å². The molecule has 168 valence electrons. The molecule has 3 aromatic carbocycles. The van der Waals surface area contributed by atoms with Gasteiger partial charge in [-0.3, -0.25) is 4.79 Å². The zero-order chi connectivity index (χ0) is 23.0. The van der Waals surface area contributed by atoms with Gasteiger partial charge in [-0.15, -0.1) is 0 Å². The molecule has 0 spiro atoms. The summed E-state index contributed by atoms with van der Waals surface area (Å²) in [6.45, 7) is 2.29. The van der Waals surface area contributed by atoms with Crippen LogP contribution >= 0.6 is 15.9 Å².